The summed E-state index contributed by atoms with van der Waals surface area (Å²) in [6.45, 7) is 2.56. The molecule has 0 bridgehead atoms. The lowest BCUT2D eigenvalue weighted by Gasteiger charge is -2.03. The molecule has 2 aromatic carbocycles. The van der Waals surface area contributed by atoms with E-state index in [9.17, 15) is 10.1 Å². The third kappa shape index (κ3) is 2.69. The molecule has 0 saturated carbocycles. The highest BCUT2D eigenvalue weighted by molar-refractivity contribution is 5.78. The molecule has 6 heteroatoms. The Morgan fingerprint density at radius 2 is 2.00 bits per heavy atom. The van der Waals surface area contributed by atoms with Gasteiger partial charge in [-0.15, -0.1) is 0 Å². The topological polar surface area (TPSA) is 83.8 Å². The van der Waals surface area contributed by atoms with Crippen molar-refractivity contribution in [2.75, 3.05) is 5.32 Å². The molecule has 0 fully saturated rings. The van der Waals surface area contributed by atoms with Crippen LogP contribution in [0.2, 0.25) is 0 Å². The summed E-state index contributed by atoms with van der Waals surface area (Å²) in [6, 6.07) is 12.3. The van der Waals surface area contributed by atoms with E-state index in [-0.39, 0.29) is 5.69 Å². The Balaban J connectivity index is 1.74. The number of nitro benzene ring substituents is 1. The Labute approximate surface area is 121 Å². The van der Waals surface area contributed by atoms with E-state index >= 15 is 0 Å². The molecule has 6 nitrogen and oxygen atoms in total. The average Bonchev–Trinajstić information content (AvgIpc) is 2.90. The maximum Gasteiger partial charge on any atom is 0.269 e. The predicted molar refractivity (Wildman–Crippen MR) is 81.3 cm³/mol. The number of H-pyrrole nitrogens is 1. The van der Waals surface area contributed by atoms with Crippen LogP contribution in [0.15, 0.2) is 42.5 Å². The number of hydrogen-bond donors (Lipinski definition) is 2. The van der Waals surface area contributed by atoms with E-state index in [4.69, 9.17) is 0 Å². The molecule has 0 amide bonds. The molecule has 2 N–H and O–H groups in total. The van der Waals surface area contributed by atoms with E-state index in [1.165, 1.54) is 12.1 Å². The number of aromatic nitrogens is 2. The molecular weight excluding hydrogens is 268 g/mol. The summed E-state index contributed by atoms with van der Waals surface area (Å²) in [6.07, 6.45) is 0. The van der Waals surface area contributed by atoms with Crippen LogP contribution in [-0.2, 0) is 6.54 Å². The number of aromatic amines is 1. The highest BCUT2D eigenvalue weighted by Crippen LogP contribution is 2.18. The summed E-state index contributed by atoms with van der Waals surface area (Å²) < 4.78 is 0. The van der Waals surface area contributed by atoms with Crippen molar-refractivity contribution in [3.63, 3.8) is 0 Å². The largest absolute Gasteiger partial charge is 0.378 e. The first-order valence-electron chi connectivity index (χ1n) is 6.56. The highest BCUT2D eigenvalue weighted by atomic mass is 16.6. The van der Waals surface area contributed by atoms with Crippen LogP contribution in [0, 0.1) is 17.0 Å². The van der Waals surface area contributed by atoms with Crippen LogP contribution in [0.25, 0.3) is 11.0 Å². The molecule has 106 valence electrons. The summed E-state index contributed by atoms with van der Waals surface area (Å²) in [7, 11) is 0. The van der Waals surface area contributed by atoms with Gasteiger partial charge in [-0.3, -0.25) is 10.1 Å². The van der Waals surface area contributed by atoms with Gasteiger partial charge in [0, 0.05) is 17.8 Å². The van der Waals surface area contributed by atoms with Crippen LogP contribution in [0.1, 0.15) is 11.4 Å². The second kappa shape index (κ2) is 5.24. The van der Waals surface area contributed by atoms with E-state index in [0.717, 1.165) is 28.1 Å². The van der Waals surface area contributed by atoms with Gasteiger partial charge in [0.2, 0.25) is 0 Å². The fraction of sp³-hybridized carbons (Fsp3) is 0.133. The molecule has 0 radical (unpaired) electrons. The van der Waals surface area contributed by atoms with Crippen molar-refractivity contribution in [3.05, 3.63) is 64.0 Å². The quantitative estimate of drug-likeness (QED) is 0.567. The number of non-ortho nitro benzene ring substituents is 1. The molecular formula is C15H14N4O2. The van der Waals surface area contributed by atoms with Crippen LogP contribution < -0.4 is 5.32 Å². The lowest BCUT2D eigenvalue weighted by molar-refractivity contribution is -0.384. The van der Waals surface area contributed by atoms with Crippen molar-refractivity contribution in [3.8, 4) is 0 Å². The number of nitro groups is 1. The minimum absolute atomic E-state index is 0.0833. The van der Waals surface area contributed by atoms with E-state index in [1.807, 2.05) is 25.1 Å². The Kier molecular flexibility index (Phi) is 3.27. The maximum absolute atomic E-state index is 10.6. The third-order valence-corrected chi connectivity index (χ3v) is 3.30. The van der Waals surface area contributed by atoms with Crippen molar-refractivity contribution in [2.24, 2.45) is 0 Å². The summed E-state index contributed by atoms with van der Waals surface area (Å²) in [5.41, 5.74) is 4.01. The van der Waals surface area contributed by atoms with Gasteiger partial charge in [-0.1, -0.05) is 12.1 Å². The Bertz CT molecular complexity index is 793. The fourth-order valence-electron chi connectivity index (χ4n) is 2.20. The number of fused-ring (bicyclic) bond motifs is 1. The van der Waals surface area contributed by atoms with Gasteiger partial charge in [-0.25, -0.2) is 4.98 Å². The van der Waals surface area contributed by atoms with Crippen molar-refractivity contribution in [2.45, 2.75) is 13.5 Å². The first-order valence-corrected chi connectivity index (χ1v) is 6.56. The molecule has 1 aromatic heterocycles. The molecule has 0 aliphatic carbocycles. The van der Waals surface area contributed by atoms with Crippen LogP contribution in [0.5, 0.6) is 0 Å². The summed E-state index contributed by atoms with van der Waals surface area (Å²) in [5.74, 6) is 0.831. The molecule has 0 spiro atoms. The molecule has 3 aromatic rings. The number of nitrogens with zero attached hydrogens (tertiary/aromatic N) is 2. The van der Waals surface area contributed by atoms with Gasteiger partial charge in [0.05, 0.1) is 22.5 Å². The minimum Gasteiger partial charge on any atom is -0.378 e. The predicted octanol–water partition coefficient (Wildman–Crippen LogP) is 3.39. The number of imidazole rings is 1. The first-order chi connectivity index (χ1) is 10.1. The smallest absolute Gasteiger partial charge is 0.269 e. The zero-order valence-electron chi connectivity index (χ0n) is 11.5. The Morgan fingerprint density at radius 3 is 2.67 bits per heavy atom. The molecule has 21 heavy (non-hydrogen) atoms. The van der Waals surface area contributed by atoms with Crippen LogP contribution >= 0.6 is 0 Å². The molecule has 0 unspecified atom stereocenters. The number of para-hydroxylation sites is 1. The summed E-state index contributed by atoms with van der Waals surface area (Å²) in [5, 5.41) is 13.8. The number of rotatable bonds is 4. The van der Waals surface area contributed by atoms with Crippen LogP contribution in [0.3, 0.4) is 0 Å². The molecule has 0 atom stereocenters. The standard InChI is InChI=1S/C15H14N4O2/c1-10-3-2-4-13-15(10)18-14(17-13)9-16-11-5-7-12(8-6-11)19(20)21/h2-8,16H,9H2,1H3,(H,17,18). The number of aryl methyl sites for hydroxylation is 1. The minimum atomic E-state index is -0.411. The molecule has 1 heterocycles. The molecule has 0 aliphatic heterocycles. The third-order valence-electron chi connectivity index (χ3n) is 3.30. The van der Waals surface area contributed by atoms with Crippen molar-refractivity contribution >= 4 is 22.4 Å². The number of anilines is 1. The van der Waals surface area contributed by atoms with Gasteiger partial charge in [0.15, 0.2) is 0 Å². The van der Waals surface area contributed by atoms with Gasteiger partial charge in [0.1, 0.15) is 5.82 Å². The van der Waals surface area contributed by atoms with Crippen molar-refractivity contribution in [1.82, 2.24) is 9.97 Å². The van der Waals surface area contributed by atoms with Gasteiger partial charge in [-0.05, 0) is 30.7 Å². The average molecular weight is 282 g/mol. The van der Waals surface area contributed by atoms with Crippen LogP contribution in [-0.4, -0.2) is 14.9 Å². The molecule has 3 rings (SSSR count). The molecule has 0 aliphatic rings. The van der Waals surface area contributed by atoms with Crippen LogP contribution in [0.4, 0.5) is 11.4 Å². The SMILES string of the molecule is Cc1cccc2[nH]c(CNc3ccc([N+](=O)[O-])cc3)nc12. The van der Waals surface area contributed by atoms with Gasteiger partial charge in [-0.2, -0.15) is 0 Å². The molecule has 0 saturated heterocycles. The highest BCUT2D eigenvalue weighted by Gasteiger charge is 2.06. The Hall–Kier alpha value is -2.89. The monoisotopic (exact) mass is 282 g/mol. The maximum atomic E-state index is 10.6. The lowest BCUT2D eigenvalue weighted by atomic mass is 10.2. The second-order valence-electron chi connectivity index (χ2n) is 4.81. The van der Waals surface area contributed by atoms with Gasteiger partial charge < -0.3 is 10.3 Å². The van der Waals surface area contributed by atoms with E-state index in [1.54, 1.807) is 12.1 Å². The summed E-state index contributed by atoms with van der Waals surface area (Å²) in [4.78, 5) is 18.0. The van der Waals surface area contributed by atoms with E-state index in [2.05, 4.69) is 15.3 Å². The lowest BCUT2D eigenvalue weighted by Crippen LogP contribution is -2.01. The summed E-state index contributed by atoms with van der Waals surface area (Å²) >= 11 is 0. The zero-order valence-corrected chi connectivity index (χ0v) is 11.5. The van der Waals surface area contributed by atoms with Crippen molar-refractivity contribution < 1.29 is 4.92 Å². The normalized spacial score (nSPS) is 10.7. The van der Waals surface area contributed by atoms with E-state index < -0.39 is 4.92 Å². The Morgan fingerprint density at radius 1 is 1.24 bits per heavy atom. The second-order valence-corrected chi connectivity index (χ2v) is 4.81. The van der Waals surface area contributed by atoms with Crippen molar-refractivity contribution in [1.29, 1.82) is 0 Å². The number of benzene rings is 2. The fourth-order valence-corrected chi connectivity index (χ4v) is 2.20. The number of hydrogen-bond acceptors (Lipinski definition) is 4. The van der Waals surface area contributed by atoms with Gasteiger partial charge in [0.25, 0.3) is 5.69 Å². The first kappa shape index (κ1) is 13.1. The van der Waals surface area contributed by atoms with E-state index in [0.29, 0.717) is 6.54 Å². The number of nitrogens with one attached hydrogen (secondary N) is 2. The zero-order chi connectivity index (χ0) is 14.8. The van der Waals surface area contributed by atoms with Gasteiger partial charge >= 0.3 is 0 Å².